The zero-order chi connectivity index (χ0) is 25.3. The van der Waals surface area contributed by atoms with Crippen LogP contribution < -0.4 is 19.8 Å². The molecule has 0 bridgehead atoms. The third kappa shape index (κ3) is 7.37. The Morgan fingerprint density at radius 3 is 1.91 bits per heavy atom. The second-order valence-corrected chi connectivity index (χ2v) is 16.3. The van der Waals surface area contributed by atoms with Crippen LogP contribution >= 0.6 is 0 Å². The summed E-state index contributed by atoms with van der Waals surface area (Å²) in [6, 6.07) is 29.5. The number of hydrogen-bond donors (Lipinski definition) is 1. The van der Waals surface area contributed by atoms with Crippen LogP contribution in [-0.2, 0) is 22.3 Å². The van der Waals surface area contributed by atoms with Crippen molar-refractivity contribution in [1.82, 2.24) is 4.72 Å². The largest absolute Gasteiger partial charge is 0.497 e. The van der Waals surface area contributed by atoms with E-state index in [0.29, 0.717) is 13.2 Å². The van der Waals surface area contributed by atoms with Crippen LogP contribution in [0.3, 0.4) is 0 Å². The minimum Gasteiger partial charge on any atom is -0.497 e. The second-order valence-electron chi connectivity index (χ2n) is 10.0. The molecule has 35 heavy (non-hydrogen) atoms. The highest BCUT2D eigenvalue weighted by atomic mass is 32.2. The van der Waals surface area contributed by atoms with E-state index in [0.717, 1.165) is 24.2 Å². The minimum atomic E-state index is -2.28. The quantitative estimate of drug-likeness (QED) is 0.281. The third-order valence-electron chi connectivity index (χ3n) is 6.46. The zero-order valence-electron chi connectivity index (χ0n) is 21.6. The summed E-state index contributed by atoms with van der Waals surface area (Å²) in [5.41, 5.74) is 1.22. The maximum atomic E-state index is 13.3. The van der Waals surface area contributed by atoms with E-state index in [1.807, 2.05) is 45.0 Å². The highest BCUT2D eigenvalue weighted by Gasteiger charge is 2.41. The molecule has 0 saturated heterocycles. The Morgan fingerprint density at radius 2 is 1.43 bits per heavy atom. The van der Waals surface area contributed by atoms with E-state index in [2.05, 4.69) is 71.9 Å². The fourth-order valence-corrected chi connectivity index (χ4v) is 9.89. The van der Waals surface area contributed by atoms with Crippen LogP contribution in [0.25, 0.3) is 0 Å². The van der Waals surface area contributed by atoms with Crippen LogP contribution in [0.2, 0.25) is 6.55 Å². The molecular weight excluding hydrogens is 470 g/mol. The molecule has 188 valence electrons. The van der Waals surface area contributed by atoms with Gasteiger partial charge in [-0.1, -0.05) is 89.7 Å². The van der Waals surface area contributed by atoms with Crippen molar-refractivity contribution in [1.29, 1.82) is 0 Å². The summed E-state index contributed by atoms with van der Waals surface area (Å²) in [5, 5.41) is 2.68. The molecule has 0 radical (unpaired) electrons. The maximum Gasteiger partial charge on any atom is 0.132 e. The molecule has 4 nitrogen and oxygen atoms in total. The molecule has 0 unspecified atom stereocenters. The molecule has 3 aromatic carbocycles. The molecule has 0 aliphatic rings. The smallest absolute Gasteiger partial charge is 0.132 e. The summed E-state index contributed by atoms with van der Waals surface area (Å²) < 4.78 is 27.8. The maximum absolute atomic E-state index is 13.3. The van der Waals surface area contributed by atoms with Crippen molar-refractivity contribution in [3.8, 4) is 5.75 Å². The molecule has 3 aromatic rings. The van der Waals surface area contributed by atoms with Crippen molar-refractivity contribution in [3.63, 3.8) is 0 Å². The van der Waals surface area contributed by atoms with Crippen molar-refractivity contribution in [2.45, 2.75) is 57.2 Å². The van der Waals surface area contributed by atoms with Gasteiger partial charge in [0.15, 0.2) is 0 Å². The first kappa shape index (κ1) is 27.3. The molecule has 0 saturated carbocycles. The van der Waals surface area contributed by atoms with Crippen LogP contribution in [0.4, 0.5) is 0 Å². The molecule has 0 spiro atoms. The Kier molecular flexibility index (Phi) is 9.86. The number of methoxy groups -OCH3 is 1. The van der Waals surface area contributed by atoms with Crippen molar-refractivity contribution in [2.75, 3.05) is 13.7 Å². The van der Waals surface area contributed by atoms with Gasteiger partial charge in [0, 0.05) is 12.3 Å². The van der Waals surface area contributed by atoms with Crippen LogP contribution in [-0.4, -0.2) is 36.4 Å². The van der Waals surface area contributed by atoms with Crippen LogP contribution in [0, 0.1) is 0 Å². The summed E-state index contributed by atoms with van der Waals surface area (Å²) in [6.45, 7) is 9.69. The molecule has 3 rings (SSSR count). The van der Waals surface area contributed by atoms with E-state index in [1.54, 1.807) is 7.11 Å². The fraction of sp³-hybridized carbons (Fsp3) is 0.379. The molecule has 0 aliphatic carbocycles. The molecule has 0 aromatic heterocycles. The van der Waals surface area contributed by atoms with Crippen molar-refractivity contribution in [2.24, 2.45) is 0 Å². The predicted molar refractivity (Wildman–Crippen MR) is 150 cm³/mol. The van der Waals surface area contributed by atoms with Crippen molar-refractivity contribution in [3.05, 3.63) is 90.5 Å². The van der Waals surface area contributed by atoms with Gasteiger partial charge in [0.25, 0.3) is 0 Å². The van der Waals surface area contributed by atoms with Crippen molar-refractivity contribution < 1.29 is 13.7 Å². The molecule has 2 atom stereocenters. The van der Waals surface area contributed by atoms with Gasteiger partial charge in [-0.2, -0.15) is 0 Å². The van der Waals surface area contributed by atoms with E-state index in [-0.39, 0.29) is 10.4 Å². The van der Waals surface area contributed by atoms with Gasteiger partial charge in [0.2, 0.25) is 0 Å². The Bertz CT molecular complexity index is 1010. The Labute approximate surface area is 214 Å². The number of hydrogen-bond acceptors (Lipinski definition) is 3. The standard InChI is InChI=1S/C29H39NO3SSi/c1-29(2,3)34(31)30-28(17-12-22-33-23-24-18-20-25(32-4)21-19-24)35(5,26-13-8-6-9-14-26)27-15-10-7-11-16-27/h6-11,13-16,18-21,28,30H,12,17,22-23H2,1-5H3/t28-,34-/m1/s1. The van der Waals surface area contributed by atoms with E-state index in [1.165, 1.54) is 10.4 Å². The van der Waals surface area contributed by atoms with Gasteiger partial charge in [-0.25, -0.2) is 8.93 Å². The summed E-state index contributed by atoms with van der Waals surface area (Å²) in [4.78, 5) is 0. The van der Waals surface area contributed by atoms with E-state index in [9.17, 15) is 4.21 Å². The van der Waals surface area contributed by atoms with Gasteiger partial charge >= 0.3 is 0 Å². The highest BCUT2D eigenvalue weighted by Crippen LogP contribution is 2.19. The zero-order valence-corrected chi connectivity index (χ0v) is 23.4. The van der Waals surface area contributed by atoms with E-state index >= 15 is 0 Å². The molecular formula is C29H39NO3SSi. The van der Waals surface area contributed by atoms with Gasteiger partial charge in [0.05, 0.1) is 29.4 Å². The third-order valence-corrected chi connectivity index (χ3v) is 13.2. The van der Waals surface area contributed by atoms with Crippen LogP contribution in [0.1, 0.15) is 39.2 Å². The average molecular weight is 510 g/mol. The van der Waals surface area contributed by atoms with Crippen LogP contribution in [0.15, 0.2) is 84.9 Å². The van der Waals surface area contributed by atoms with Crippen LogP contribution in [0.5, 0.6) is 5.75 Å². The molecule has 0 amide bonds. The molecule has 0 aliphatic heterocycles. The van der Waals surface area contributed by atoms with Crippen molar-refractivity contribution >= 4 is 29.4 Å². The first-order valence-electron chi connectivity index (χ1n) is 12.2. The highest BCUT2D eigenvalue weighted by molar-refractivity contribution is 7.84. The topological polar surface area (TPSA) is 47.6 Å². The summed E-state index contributed by atoms with van der Waals surface area (Å²) in [5.74, 6) is 0.848. The number of ether oxygens (including phenoxy) is 2. The lowest BCUT2D eigenvalue weighted by molar-refractivity contribution is 0.116. The first-order valence-corrected chi connectivity index (χ1v) is 16.0. The Balaban J connectivity index is 1.78. The summed E-state index contributed by atoms with van der Waals surface area (Å²) in [7, 11) is -1.78. The lowest BCUT2D eigenvalue weighted by atomic mass is 10.2. The SMILES string of the molecule is COc1ccc(COCCC[C@H](N[S@](=O)C(C)(C)C)[Si](C)(c2ccccc2)c2ccccc2)cc1. The molecule has 0 fully saturated rings. The summed E-state index contributed by atoms with van der Waals surface area (Å²) in [6.07, 6.45) is 1.77. The van der Waals surface area contributed by atoms with Gasteiger partial charge in [-0.15, -0.1) is 0 Å². The average Bonchev–Trinajstić information content (AvgIpc) is 2.88. The number of nitrogens with one attached hydrogen (secondary N) is 1. The lowest BCUT2D eigenvalue weighted by Gasteiger charge is -2.38. The van der Waals surface area contributed by atoms with Gasteiger partial charge in [-0.3, -0.25) is 0 Å². The van der Waals surface area contributed by atoms with Gasteiger partial charge in [0.1, 0.15) is 13.8 Å². The normalized spacial score (nSPS) is 13.9. The molecule has 1 N–H and O–H groups in total. The van der Waals surface area contributed by atoms with E-state index in [4.69, 9.17) is 9.47 Å². The number of benzene rings is 3. The van der Waals surface area contributed by atoms with Gasteiger partial charge in [-0.05, 0) is 51.3 Å². The fourth-order valence-electron chi connectivity index (χ4n) is 4.21. The predicted octanol–water partition coefficient (Wildman–Crippen LogP) is 4.84. The Hall–Kier alpha value is -2.25. The van der Waals surface area contributed by atoms with Gasteiger partial charge < -0.3 is 9.47 Å². The Morgan fingerprint density at radius 1 is 0.886 bits per heavy atom. The first-order chi connectivity index (χ1) is 16.7. The monoisotopic (exact) mass is 509 g/mol. The second kappa shape index (κ2) is 12.6. The summed E-state index contributed by atoms with van der Waals surface area (Å²) >= 11 is 0. The minimum absolute atomic E-state index is 0.0944. The molecule has 6 heteroatoms. The van der Waals surface area contributed by atoms with E-state index < -0.39 is 19.1 Å². The number of rotatable bonds is 12. The lowest BCUT2D eigenvalue weighted by Crippen LogP contribution is -2.69. The molecule has 0 heterocycles.